The van der Waals surface area contributed by atoms with Crippen LogP contribution in [0.5, 0.6) is 5.75 Å². The largest absolute Gasteiger partial charge is 0.493 e. The number of fused-ring (bicyclic) bond motifs is 2. The van der Waals surface area contributed by atoms with Gasteiger partial charge in [-0.1, -0.05) is 18.2 Å². The summed E-state index contributed by atoms with van der Waals surface area (Å²) in [5.41, 5.74) is 5.03. The van der Waals surface area contributed by atoms with Crippen molar-refractivity contribution in [2.45, 2.75) is 13.0 Å². The molecule has 0 atom stereocenters. The van der Waals surface area contributed by atoms with Crippen LogP contribution in [0, 0.1) is 6.20 Å². The van der Waals surface area contributed by atoms with Gasteiger partial charge in [0.05, 0.1) is 12.8 Å². The Bertz CT molecular complexity index is 1080. The molecule has 26 heavy (non-hydrogen) atoms. The lowest BCUT2D eigenvalue weighted by Crippen LogP contribution is -2.08. The normalized spacial score (nSPS) is 12.8. The number of hydrogen-bond acceptors (Lipinski definition) is 6. The second-order valence-corrected chi connectivity index (χ2v) is 6.04. The number of nitrogens with one attached hydrogen (secondary N) is 1. The lowest BCUT2D eigenvalue weighted by molar-refractivity contribution is 0.357. The highest BCUT2D eigenvalue weighted by Crippen LogP contribution is 2.29. The van der Waals surface area contributed by atoms with Crippen molar-refractivity contribution in [2.24, 2.45) is 0 Å². The van der Waals surface area contributed by atoms with Gasteiger partial charge in [-0.3, -0.25) is 9.38 Å². The van der Waals surface area contributed by atoms with Crippen LogP contribution in [0.4, 0.5) is 5.95 Å². The maximum atomic E-state index is 5.64. The molecule has 127 valence electrons. The fraction of sp³-hybridized carbons (Fsp3) is 0.158. The van der Waals surface area contributed by atoms with Gasteiger partial charge in [-0.2, -0.15) is 0 Å². The van der Waals surface area contributed by atoms with E-state index < -0.39 is 0 Å². The highest BCUT2D eigenvalue weighted by molar-refractivity contribution is 5.76. The molecule has 3 aromatic heterocycles. The Morgan fingerprint density at radius 1 is 1.23 bits per heavy atom. The monoisotopic (exact) mass is 343 g/mol. The van der Waals surface area contributed by atoms with E-state index in [0.29, 0.717) is 12.5 Å². The van der Waals surface area contributed by atoms with Crippen LogP contribution in [-0.2, 0) is 13.0 Å². The molecule has 4 heterocycles. The average molecular weight is 343 g/mol. The molecule has 1 N–H and O–H groups in total. The third kappa shape index (κ3) is 2.45. The second kappa shape index (κ2) is 6.11. The van der Waals surface area contributed by atoms with Gasteiger partial charge in [-0.05, 0) is 17.7 Å². The fourth-order valence-corrected chi connectivity index (χ4v) is 3.27. The van der Waals surface area contributed by atoms with Gasteiger partial charge in [-0.15, -0.1) is 10.2 Å². The van der Waals surface area contributed by atoms with Gasteiger partial charge < -0.3 is 10.1 Å². The minimum absolute atomic E-state index is 0.661. The molecular weight excluding hydrogens is 328 g/mol. The summed E-state index contributed by atoms with van der Waals surface area (Å²) >= 11 is 0. The van der Waals surface area contributed by atoms with E-state index in [4.69, 9.17) is 4.74 Å². The predicted molar refractivity (Wildman–Crippen MR) is 95.8 cm³/mol. The lowest BCUT2D eigenvalue weighted by atomic mass is 10.1. The molecule has 7 heteroatoms. The van der Waals surface area contributed by atoms with Gasteiger partial charge in [0.25, 0.3) is 0 Å². The summed E-state index contributed by atoms with van der Waals surface area (Å²) in [6.07, 6.45) is 8.92. The van der Waals surface area contributed by atoms with E-state index >= 15 is 0 Å². The van der Waals surface area contributed by atoms with Crippen molar-refractivity contribution in [1.82, 2.24) is 24.6 Å². The van der Waals surface area contributed by atoms with E-state index in [0.717, 1.165) is 35.6 Å². The maximum Gasteiger partial charge on any atom is 0.210 e. The zero-order valence-electron chi connectivity index (χ0n) is 13.9. The topological polar surface area (TPSA) is 77.2 Å². The Labute approximate surface area is 149 Å². The molecule has 1 aromatic carbocycles. The molecule has 0 spiro atoms. The Kier molecular flexibility index (Phi) is 3.48. The minimum atomic E-state index is 0.661. The molecule has 4 aromatic rings. The minimum Gasteiger partial charge on any atom is -0.493 e. The summed E-state index contributed by atoms with van der Waals surface area (Å²) in [4.78, 5) is 8.61. The van der Waals surface area contributed by atoms with E-state index in [2.05, 4.69) is 37.7 Å². The zero-order valence-corrected chi connectivity index (χ0v) is 13.9. The number of hydrogen-bond donors (Lipinski definition) is 1. The van der Waals surface area contributed by atoms with E-state index in [-0.39, 0.29) is 0 Å². The van der Waals surface area contributed by atoms with Crippen LogP contribution in [-0.4, -0.2) is 31.2 Å². The molecule has 0 saturated carbocycles. The van der Waals surface area contributed by atoms with Crippen molar-refractivity contribution in [3.05, 3.63) is 66.4 Å². The third-order valence-corrected chi connectivity index (χ3v) is 4.54. The number of pyridine rings is 1. The van der Waals surface area contributed by atoms with Crippen LogP contribution in [0.1, 0.15) is 11.1 Å². The van der Waals surface area contributed by atoms with E-state index in [1.807, 2.05) is 22.6 Å². The summed E-state index contributed by atoms with van der Waals surface area (Å²) in [7, 11) is 0. The molecule has 7 nitrogen and oxygen atoms in total. The molecule has 0 aliphatic carbocycles. The van der Waals surface area contributed by atoms with Crippen molar-refractivity contribution in [3.63, 3.8) is 0 Å². The number of nitrogens with zero attached hydrogens (tertiary/aromatic N) is 5. The number of aromatic nitrogens is 5. The van der Waals surface area contributed by atoms with E-state index in [9.17, 15) is 0 Å². The number of anilines is 1. The second-order valence-electron chi connectivity index (χ2n) is 6.04. The van der Waals surface area contributed by atoms with Gasteiger partial charge in [0.2, 0.25) is 5.95 Å². The van der Waals surface area contributed by atoms with Crippen LogP contribution in [0.25, 0.3) is 16.8 Å². The van der Waals surface area contributed by atoms with Gasteiger partial charge in [0, 0.05) is 42.0 Å². The summed E-state index contributed by atoms with van der Waals surface area (Å²) in [5, 5.41) is 11.7. The number of benzene rings is 1. The molecule has 5 rings (SSSR count). The van der Waals surface area contributed by atoms with Crippen molar-refractivity contribution < 1.29 is 4.74 Å². The first-order chi connectivity index (χ1) is 12.9. The lowest BCUT2D eigenvalue weighted by Gasteiger charge is -2.11. The molecule has 0 unspecified atom stereocenters. The highest BCUT2D eigenvalue weighted by atomic mass is 16.5. The molecule has 0 fully saturated rings. The summed E-state index contributed by atoms with van der Waals surface area (Å²) in [6.45, 7) is 1.41. The smallest absolute Gasteiger partial charge is 0.210 e. The summed E-state index contributed by atoms with van der Waals surface area (Å²) < 4.78 is 7.49. The van der Waals surface area contributed by atoms with Gasteiger partial charge in [-0.25, -0.2) is 4.98 Å². The van der Waals surface area contributed by atoms with Gasteiger partial charge in [0.15, 0.2) is 5.65 Å². The Morgan fingerprint density at radius 3 is 3.15 bits per heavy atom. The first-order valence-corrected chi connectivity index (χ1v) is 8.39. The molecule has 1 aliphatic heterocycles. The van der Waals surface area contributed by atoms with Gasteiger partial charge in [0.1, 0.15) is 12.1 Å². The van der Waals surface area contributed by atoms with Crippen LogP contribution < -0.4 is 10.1 Å². The van der Waals surface area contributed by atoms with Crippen molar-refractivity contribution in [3.8, 4) is 16.9 Å². The maximum absolute atomic E-state index is 5.64. The number of ether oxygens (including phenoxy) is 1. The summed E-state index contributed by atoms with van der Waals surface area (Å²) in [6, 6.07) is 9.85. The van der Waals surface area contributed by atoms with Gasteiger partial charge >= 0.3 is 0 Å². The molecule has 1 aliphatic rings. The molecular formula is C19H15N6O. The van der Waals surface area contributed by atoms with Crippen LogP contribution in [0.2, 0.25) is 0 Å². The molecule has 0 saturated heterocycles. The zero-order chi connectivity index (χ0) is 17.3. The van der Waals surface area contributed by atoms with Crippen molar-refractivity contribution >= 4 is 11.6 Å². The third-order valence-electron chi connectivity index (χ3n) is 4.54. The van der Waals surface area contributed by atoms with Crippen molar-refractivity contribution in [2.75, 3.05) is 11.9 Å². The Hall–Kier alpha value is -3.48. The predicted octanol–water partition coefficient (Wildman–Crippen LogP) is 2.53. The quantitative estimate of drug-likeness (QED) is 0.614. The average Bonchev–Trinajstić information content (AvgIpc) is 3.36. The summed E-state index contributed by atoms with van der Waals surface area (Å²) in [5.74, 6) is 1.68. The Balaban J connectivity index is 1.48. The molecule has 1 radical (unpaired) electrons. The van der Waals surface area contributed by atoms with Crippen LogP contribution in [0.15, 0.2) is 49.1 Å². The van der Waals surface area contributed by atoms with E-state index in [1.54, 1.807) is 24.8 Å². The molecule has 0 amide bonds. The number of rotatable bonds is 4. The van der Waals surface area contributed by atoms with Crippen molar-refractivity contribution in [1.29, 1.82) is 0 Å². The Morgan fingerprint density at radius 2 is 2.23 bits per heavy atom. The highest BCUT2D eigenvalue weighted by Gasteiger charge is 2.16. The first kappa shape index (κ1) is 14.8. The van der Waals surface area contributed by atoms with Crippen LogP contribution in [0.3, 0.4) is 0 Å². The fourth-order valence-electron chi connectivity index (χ4n) is 3.27. The standard InChI is InChI=1S/C19H15N6O/c1-3-14(15-6-8-26-17(15)5-1)10-21-19-22-11-16(13-4-2-7-20-9-13)18-24-23-12-25(18)19/h1-5,9,11-12H,6,8,10H2,(H,21,22). The van der Waals surface area contributed by atoms with Crippen LogP contribution >= 0.6 is 0 Å². The molecule has 0 bridgehead atoms. The first-order valence-electron chi connectivity index (χ1n) is 8.39. The SMILES string of the molecule is [c]1ccc(-c2cnc(NCc3cccc4c3CCO4)n3cnnc23)cn1. The van der Waals surface area contributed by atoms with E-state index in [1.165, 1.54) is 11.1 Å².